The van der Waals surface area contributed by atoms with Crippen LogP contribution in [0.1, 0.15) is 36.2 Å². The number of benzene rings is 2. The van der Waals surface area contributed by atoms with Crippen LogP contribution in [0.25, 0.3) is 11.0 Å². The quantitative estimate of drug-likeness (QED) is 0.434. The fourth-order valence-corrected chi connectivity index (χ4v) is 4.61. The first-order chi connectivity index (χ1) is 15.5. The van der Waals surface area contributed by atoms with Gasteiger partial charge in [0.05, 0.1) is 17.7 Å². The van der Waals surface area contributed by atoms with Crippen molar-refractivity contribution in [2.45, 2.75) is 27.2 Å². The van der Waals surface area contributed by atoms with E-state index in [1.165, 1.54) is 15.7 Å². The molecule has 4 rings (SSSR count). The van der Waals surface area contributed by atoms with Crippen LogP contribution in [0.3, 0.4) is 0 Å². The highest BCUT2D eigenvalue weighted by Gasteiger charge is 2.15. The Morgan fingerprint density at radius 1 is 1.00 bits per heavy atom. The van der Waals surface area contributed by atoms with Gasteiger partial charge in [0.2, 0.25) is 4.96 Å². The minimum absolute atomic E-state index is 0.184. The van der Waals surface area contributed by atoms with Crippen LogP contribution in [0.4, 0.5) is 0 Å². The summed E-state index contributed by atoms with van der Waals surface area (Å²) in [6.45, 7) is 6.67. The lowest BCUT2D eigenvalue weighted by molar-refractivity contribution is 0.287. The standard InChI is InChI=1S/C25H24N2O4S/c1-4-30-20-12-11-18(14-21(20)31-5-2)15-22-24(29)27-16(3)19(23(28)26-25(27)32-22)13-17-9-7-6-8-10-17/h6-12,14-15H,4-5,13H2,1-3H3/b22-15+. The Kier molecular flexibility index (Phi) is 6.37. The third-order valence-electron chi connectivity index (χ3n) is 5.12. The minimum Gasteiger partial charge on any atom is -0.490 e. The third-order valence-corrected chi connectivity index (χ3v) is 6.09. The zero-order chi connectivity index (χ0) is 22.7. The first-order valence-corrected chi connectivity index (χ1v) is 11.3. The normalized spacial score (nSPS) is 11.8. The molecule has 7 heteroatoms. The van der Waals surface area contributed by atoms with E-state index in [-0.39, 0.29) is 11.1 Å². The molecule has 0 bridgehead atoms. The molecule has 0 saturated heterocycles. The summed E-state index contributed by atoms with van der Waals surface area (Å²) in [7, 11) is 0. The Bertz CT molecular complexity index is 1420. The van der Waals surface area contributed by atoms with Gasteiger partial charge in [-0.25, -0.2) is 0 Å². The van der Waals surface area contributed by atoms with Gasteiger partial charge in [-0.1, -0.05) is 47.7 Å². The second-order valence-corrected chi connectivity index (χ2v) is 8.26. The molecule has 0 unspecified atom stereocenters. The van der Waals surface area contributed by atoms with Crippen molar-refractivity contribution in [1.29, 1.82) is 0 Å². The van der Waals surface area contributed by atoms with Gasteiger partial charge in [0.1, 0.15) is 0 Å². The second kappa shape index (κ2) is 9.36. The van der Waals surface area contributed by atoms with Crippen LogP contribution in [-0.2, 0) is 6.42 Å². The van der Waals surface area contributed by atoms with Gasteiger partial charge in [-0.05, 0) is 50.1 Å². The van der Waals surface area contributed by atoms with E-state index in [0.29, 0.717) is 51.9 Å². The lowest BCUT2D eigenvalue weighted by atomic mass is 10.1. The highest BCUT2D eigenvalue weighted by atomic mass is 32.1. The number of thiazole rings is 1. The molecule has 2 aromatic carbocycles. The van der Waals surface area contributed by atoms with Crippen LogP contribution in [0.15, 0.2) is 58.1 Å². The summed E-state index contributed by atoms with van der Waals surface area (Å²) in [6, 6.07) is 15.3. The topological polar surface area (TPSA) is 69.9 Å². The summed E-state index contributed by atoms with van der Waals surface area (Å²) in [5.41, 5.74) is 2.50. The van der Waals surface area contributed by atoms with Gasteiger partial charge in [0, 0.05) is 17.7 Å². The van der Waals surface area contributed by atoms with E-state index in [1.807, 2.05) is 62.4 Å². The van der Waals surface area contributed by atoms with Crippen LogP contribution in [0.5, 0.6) is 11.5 Å². The molecule has 0 saturated carbocycles. The molecule has 0 aliphatic carbocycles. The number of rotatable bonds is 7. The smallest absolute Gasteiger partial charge is 0.277 e. The van der Waals surface area contributed by atoms with Crippen molar-refractivity contribution in [3.63, 3.8) is 0 Å². The molecule has 0 N–H and O–H groups in total. The number of fused-ring (bicyclic) bond motifs is 1. The Balaban J connectivity index is 1.81. The average Bonchev–Trinajstić information content (AvgIpc) is 3.09. The van der Waals surface area contributed by atoms with Crippen LogP contribution < -0.4 is 25.1 Å². The SMILES string of the molecule is CCOc1ccc(/C=c2/sc3nc(=O)c(Cc4ccccc4)c(C)n3c2=O)cc1OCC. The highest BCUT2D eigenvalue weighted by Crippen LogP contribution is 2.28. The van der Waals surface area contributed by atoms with Gasteiger partial charge in [-0.3, -0.25) is 14.0 Å². The third kappa shape index (κ3) is 4.29. The van der Waals surface area contributed by atoms with E-state index in [0.717, 1.165) is 11.1 Å². The predicted octanol–water partition coefficient (Wildman–Crippen LogP) is 3.36. The Labute approximate surface area is 189 Å². The maximum atomic E-state index is 13.2. The monoisotopic (exact) mass is 448 g/mol. The molecular weight excluding hydrogens is 424 g/mol. The van der Waals surface area contributed by atoms with E-state index < -0.39 is 0 Å². The number of hydrogen-bond donors (Lipinski definition) is 0. The van der Waals surface area contributed by atoms with Crippen LogP contribution >= 0.6 is 11.3 Å². The summed E-state index contributed by atoms with van der Waals surface area (Å²) < 4.78 is 13.3. The Hall–Kier alpha value is -3.45. The summed E-state index contributed by atoms with van der Waals surface area (Å²) in [5.74, 6) is 1.30. The van der Waals surface area contributed by atoms with E-state index in [9.17, 15) is 9.59 Å². The zero-order valence-corrected chi connectivity index (χ0v) is 19.1. The second-order valence-electron chi connectivity index (χ2n) is 7.25. The van der Waals surface area contributed by atoms with Gasteiger partial charge < -0.3 is 9.47 Å². The largest absolute Gasteiger partial charge is 0.490 e. The Morgan fingerprint density at radius 3 is 2.44 bits per heavy atom. The lowest BCUT2D eigenvalue weighted by Gasteiger charge is -2.11. The van der Waals surface area contributed by atoms with E-state index in [4.69, 9.17) is 9.47 Å². The van der Waals surface area contributed by atoms with Gasteiger partial charge in [-0.2, -0.15) is 4.98 Å². The molecule has 0 spiro atoms. The molecule has 4 aromatic rings. The number of aryl methyl sites for hydroxylation is 1. The molecule has 164 valence electrons. The summed E-state index contributed by atoms with van der Waals surface area (Å²) >= 11 is 1.21. The van der Waals surface area contributed by atoms with Crippen LogP contribution in [0, 0.1) is 6.92 Å². The van der Waals surface area contributed by atoms with Gasteiger partial charge >= 0.3 is 0 Å². The maximum Gasteiger partial charge on any atom is 0.277 e. The zero-order valence-electron chi connectivity index (χ0n) is 18.3. The van der Waals surface area contributed by atoms with Crippen molar-refractivity contribution in [3.8, 4) is 11.5 Å². The fraction of sp³-hybridized carbons (Fsp3) is 0.240. The molecule has 6 nitrogen and oxygen atoms in total. The van der Waals surface area contributed by atoms with Gasteiger partial charge in [-0.15, -0.1) is 0 Å². The summed E-state index contributed by atoms with van der Waals surface area (Å²) in [6.07, 6.45) is 2.23. The number of ether oxygens (including phenoxy) is 2. The molecule has 0 fully saturated rings. The molecule has 0 amide bonds. The van der Waals surface area contributed by atoms with E-state index in [1.54, 1.807) is 13.0 Å². The lowest BCUT2D eigenvalue weighted by Crippen LogP contribution is -2.27. The van der Waals surface area contributed by atoms with Crippen LogP contribution in [0.2, 0.25) is 0 Å². The Morgan fingerprint density at radius 2 is 1.72 bits per heavy atom. The van der Waals surface area contributed by atoms with Crippen molar-refractivity contribution >= 4 is 22.4 Å². The molecule has 2 aromatic heterocycles. The van der Waals surface area contributed by atoms with Crippen molar-refractivity contribution in [2.75, 3.05) is 13.2 Å². The van der Waals surface area contributed by atoms with Crippen molar-refractivity contribution in [3.05, 3.63) is 96.2 Å². The molecule has 32 heavy (non-hydrogen) atoms. The predicted molar refractivity (Wildman–Crippen MR) is 127 cm³/mol. The van der Waals surface area contributed by atoms with Crippen molar-refractivity contribution in [2.24, 2.45) is 0 Å². The molecule has 0 atom stereocenters. The minimum atomic E-state index is -0.293. The average molecular weight is 449 g/mol. The summed E-state index contributed by atoms with van der Waals surface area (Å²) in [4.78, 5) is 30.5. The van der Waals surface area contributed by atoms with Gasteiger partial charge in [0.15, 0.2) is 11.5 Å². The molecule has 0 aliphatic heterocycles. The molecular formula is C25H24N2O4S. The molecule has 0 radical (unpaired) electrons. The first-order valence-electron chi connectivity index (χ1n) is 10.5. The van der Waals surface area contributed by atoms with Crippen molar-refractivity contribution < 1.29 is 9.47 Å². The maximum absolute atomic E-state index is 13.2. The highest BCUT2D eigenvalue weighted by molar-refractivity contribution is 7.15. The fourth-order valence-electron chi connectivity index (χ4n) is 3.60. The molecule has 0 aliphatic rings. The molecule has 2 heterocycles. The summed E-state index contributed by atoms with van der Waals surface area (Å²) in [5, 5.41) is 0. The van der Waals surface area contributed by atoms with Gasteiger partial charge in [0.25, 0.3) is 11.1 Å². The van der Waals surface area contributed by atoms with E-state index >= 15 is 0 Å². The first kappa shape index (κ1) is 21.8. The van der Waals surface area contributed by atoms with Crippen LogP contribution in [-0.4, -0.2) is 22.6 Å². The number of aromatic nitrogens is 2. The number of nitrogens with zero attached hydrogens (tertiary/aromatic N) is 2. The van der Waals surface area contributed by atoms with Crippen molar-refractivity contribution in [1.82, 2.24) is 9.38 Å². The number of hydrogen-bond acceptors (Lipinski definition) is 6. The van der Waals surface area contributed by atoms with E-state index in [2.05, 4.69) is 4.98 Å².